The fraction of sp³-hybridized carbons (Fsp3) is 0.538. The van der Waals surface area contributed by atoms with Crippen molar-refractivity contribution < 1.29 is 5.11 Å². The van der Waals surface area contributed by atoms with Crippen LogP contribution in [0.3, 0.4) is 0 Å². The van der Waals surface area contributed by atoms with Gasteiger partial charge in [0.15, 0.2) is 0 Å². The SMILES string of the molecule is CCCC(CN)C(C)(O)c1ccc(Br)cc1. The van der Waals surface area contributed by atoms with Crippen molar-refractivity contribution >= 4 is 15.9 Å². The van der Waals surface area contributed by atoms with Gasteiger partial charge in [-0.05, 0) is 37.6 Å². The van der Waals surface area contributed by atoms with Gasteiger partial charge in [-0.15, -0.1) is 0 Å². The van der Waals surface area contributed by atoms with Crippen molar-refractivity contribution in [2.45, 2.75) is 32.3 Å². The molecule has 2 unspecified atom stereocenters. The number of hydrogen-bond donors (Lipinski definition) is 2. The molecule has 0 saturated carbocycles. The van der Waals surface area contributed by atoms with E-state index in [9.17, 15) is 5.11 Å². The predicted molar refractivity (Wildman–Crippen MR) is 71.2 cm³/mol. The van der Waals surface area contributed by atoms with Crippen LogP contribution in [0.15, 0.2) is 28.7 Å². The molecule has 0 aliphatic heterocycles. The number of halogens is 1. The van der Waals surface area contributed by atoms with Crippen molar-refractivity contribution in [3.05, 3.63) is 34.3 Å². The molecule has 0 aliphatic carbocycles. The van der Waals surface area contributed by atoms with Gasteiger partial charge in [-0.3, -0.25) is 0 Å². The molecule has 1 aromatic carbocycles. The van der Waals surface area contributed by atoms with Crippen LogP contribution in [0.4, 0.5) is 0 Å². The van der Waals surface area contributed by atoms with Gasteiger partial charge in [0.1, 0.15) is 0 Å². The zero-order chi connectivity index (χ0) is 12.2. The molecule has 2 nitrogen and oxygen atoms in total. The highest BCUT2D eigenvalue weighted by atomic mass is 79.9. The molecule has 0 fully saturated rings. The third-order valence-electron chi connectivity index (χ3n) is 3.15. The number of rotatable bonds is 5. The summed E-state index contributed by atoms with van der Waals surface area (Å²) in [5, 5.41) is 10.6. The van der Waals surface area contributed by atoms with Crippen molar-refractivity contribution in [2.75, 3.05) is 6.54 Å². The van der Waals surface area contributed by atoms with E-state index >= 15 is 0 Å². The Balaban J connectivity index is 2.94. The summed E-state index contributed by atoms with van der Waals surface area (Å²) in [6, 6.07) is 7.79. The average molecular weight is 286 g/mol. The maximum absolute atomic E-state index is 10.6. The third kappa shape index (κ3) is 3.06. The summed E-state index contributed by atoms with van der Waals surface area (Å²) in [5.41, 5.74) is 5.83. The van der Waals surface area contributed by atoms with Crippen LogP contribution >= 0.6 is 15.9 Å². The van der Waals surface area contributed by atoms with Gasteiger partial charge in [0, 0.05) is 10.4 Å². The molecule has 0 amide bonds. The van der Waals surface area contributed by atoms with E-state index in [2.05, 4.69) is 22.9 Å². The van der Waals surface area contributed by atoms with Crippen molar-refractivity contribution in [1.82, 2.24) is 0 Å². The molecule has 1 rings (SSSR count). The summed E-state index contributed by atoms with van der Waals surface area (Å²) >= 11 is 3.39. The first-order valence-corrected chi connectivity index (χ1v) is 6.50. The highest BCUT2D eigenvalue weighted by molar-refractivity contribution is 9.10. The molecule has 0 aliphatic rings. The second-order valence-electron chi connectivity index (χ2n) is 4.38. The van der Waals surface area contributed by atoms with E-state index in [-0.39, 0.29) is 5.92 Å². The van der Waals surface area contributed by atoms with Crippen LogP contribution in [0.2, 0.25) is 0 Å². The lowest BCUT2D eigenvalue weighted by atomic mass is 9.80. The molecule has 0 bridgehead atoms. The maximum Gasteiger partial charge on any atom is 0.0908 e. The van der Waals surface area contributed by atoms with Crippen LogP contribution in [-0.4, -0.2) is 11.7 Å². The minimum Gasteiger partial charge on any atom is -0.385 e. The second-order valence-corrected chi connectivity index (χ2v) is 5.29. The number of aliphatic hydroxyl groups is 1. The van der Waals surface area contributed by atoms with E-state index < -0.39 is 5.60 Å². The van der Waals surface area contributed by atoms with Crippen LogP contribution in [-0.2, 0) is 5.60 Å². The lowest BCUT2D eigenvalue weighted by Crippen LogP contribution is -2.36. The van der Waals surface area contributed by atoms with Crippen LogP contribution < -0.4 is 5.73 Å². The van der Waals surface area contributed by atoms with Gasteiger partial charge < -0.3 is 10.8 Å². The summed E-state index contributed by atoms with van der Waals surface area (Å²) in [6.07, 6.45) is 1.98. The largest absolute Gasteiger partial charge is 0.385 e. The molecule has 0 heterocycles. The van der Waals surface area contributed by atoms with Gasteiger partial charge >= 0.3 is 0 Å². The van der Waals surface area contributed by atoms with E-state index in [1.165, 1.54) is 0 Å². The first-order chi connectivity index (χ1) is 7.52. The minimum atomic E-state index is -0.842. The average Bonchev–Trinajstić information content (AvgIpc) is 2.26. The Morgan fingerprint density at radius 2 is 1.94 bits per heavy atom. The zero-order valence-electron chi connectivity index (χ0n) is 9.91. The molecule has 3 N–H and O–H groups in total. The van der Waals surface area contributed by atoms with Gasteiger partial charge in [-0.1, -0.05) is 41.4 Å². The molecule has 0 radical (unpaired) electrons. The van der Waals surface area contributed by atoms with Crippen molar-refractivity contribution in [2.24, 2.45) is 11.7 Å². The molecule has 0 aromatic heterocycles. The van der Waals surface area contributed by atoms with Crippen LogP contribution in [0.25, 0.3) is 0 Å². The molecule has 1 aromatic rings. The lowest BCUT2D eigenvalue weighted by molar-refractivity contribution is -0.00628. The lowest BCUT2D eigenvalue weighted by Gasteiger charge is -2.32. The molecule has 0 saturated heterocycles. The van der Waals surface area contributed by atoms with Crippen molar-refractivity contribution in [3.63, 3.8) is 0 Å². The van der Waals surface area contributed by atoms with Gasteiger partial charge in [0.25, 0.3) is 0 Å². The Bertz CT molecular complexity index is 321. The van der Waals surface area contributed by atoms with Gasteiger partial charge in [0.2, 0.25) is 0 Å². The first kappa shape index (κ1) is 13.7. The normalized spacial score (nSPS) is 16.8. The van der Waals surface area contributed by atoms with E-state index in [1.54, 1.807) is 0 Å². The quantitative estimate of drug-likeness (QED) is 0.874. The van der Waals surface area contributed by atoms with E-state index in [1.807, 2.05) is 31.2 Å². The standard InChI is InChI=1S/C13H20BrNO/c1-3-4-11(9-15)13(2,16)10-5-7-12(14)8-6-10/h5-8,11,16H,3-4,9,15H2,1-2H3. The fourth-order valence-electron chi connectivity index (χ4n) is 2.00. The molecule has 90 valence electrons. The van der Waals surface area contributed by atoms with Crippen molar-refractivity contribution in [3.8, 4) is 0 Å². The Labute approximate surface area is 106 Å². The number of nitrogens with two attached hydrogens (primary N) is 1. The second kappa shape index (κ2) is 5.80. The minimum absolute atomic E-state index is 0.110. The number of benzene rings is 1. The molecular formula is C13H20BrNO. The van der Waals surface area contributed by atoms with E-state index in [0.29, 0.717) is 6.54 Å². The Morgan fingerprint density at radius 3 is 2.38 bits per heavy atom. The maximum atomic E-state index is 10.6. The highest BCUT2D eigenvalue weighted by Gasteiger charge is 2.31. The summed E-state index contributed by atoms with van der Waals surface area (Å²) in [6.45, 7) is 4.47. The Hall–Kier alpha value is -0.380. The topological polar surface area (TPSA) is 46.2 Å². The summed E-state index contributed by atoms with van der Waals surface area (Å²) < 4.78 is 1.02. The Kier molecular flexibility index (Phi) is 4.96. The van der Waals surface area contributed by atoms with Crippen LogP contribution in [0.5, 0.6) is 0 Å². The summed E-state index contributed by atoms with van der Waals surface area (Å²) in [5.74, 6) is 0.110. The molecule has 2 atom stereocenters. The monoisotopic (exact) mass is 285 g/mol. The van der Waals surface area contributed by atoms with Crippen molar-refractivity contribution in [1.29, 1.82) is 0 Å². The third-order valence-corrected chi connectivity index (χ3v) is 3.67. The van der Waals surface area contributed by atoms with E-state index in [0.717, 1.165) is 22.9 Å². The fourth-order valence-corrected chi connectivity index (χ4v) is 2.26. The molecule has 0 spiro atoms. The zero-order valence-corrected chi connectivity index (χ0v) is 11.5. The summed E-state index contributed by atoms with van der Waals surface area (Å²) in [4.78, 5) is 0. The molecule has 16 heavy (non-hydrogen) atoms. The number of hydrogen-bond acceptors (Lipinski definition) is 2. The first-order valence-electron chi connectivity index (χ1n) is 5.70. The van der Waals surface area contributed by atoms with Gasteiger partial charge in [-0.2, -0.15) is 0 Å². The summed E-state index contributed by atoms with van der Waals surface area (Å²) in [7, 11) is 0. The highest BCUT2D eigenvalue weighted by Crippen LogP contribution is 2.32. The van der Waals surface area contributed by atoms with E-state index in [4.69, 9.17) is 5.73 Å². The molecule has 3 heteroatoms. The van der Waals surface area contributed by atoms with Crippen LogP contribution in [0.1, 0.15) is 32.3 Å². The predicted octanol–water partition coefficient (Wildman–Crippen LogP) is 3.03. The Morgan fingerprint density at radius 1 is 1.38 bits per heavy atom. The van der Waals surface area contributed by atoms with Crippen LogP contribution in [0, 0.1) is 5.92 Å². The smallest absolute Gasteiger partial charge is 0.0908 e. The van der Waals surface area contributed by atoms with Gasteiger partial charge in [0.05, 0.1) is 5.60 Å². The molecular weight excluding hydrogens is 266 g/mol. The van der Waals surface area contributed by atoms with Gasteiger partial charge in [-0.25, -0.2) is 0 Å².